The molecule has 1 fully saturated rings. The Labute approximate surface area is 183 Å². The van der Waals surface area contributed by atoms with Crippen molar-refractivity contribution in [2.24, 2.45) is 0 Å². The molecule has 0 aromatic heterocycles. The Balaban J connectivity index is 1.84. The smallest absolute Gasteiger partial charge is 0.243 e. The topological polar surface area (TPSA) is 75.7 Å². The molecular weight excluding hydrogens is 424 g/mol. The molecule has 30 heavy (non-hydrogen) atoms. The minimum Gasteiger partial charge on any atom is -0.495 e. The maximum Gasteiger partial charge on any atom is 0.243 e. The van der Waals surface area contributed by atoms with Gasteiger partial charge < -0.3 is 10.1 Å². The van der Waals surface area contributed by atoms with Gasteiger partial charge in [-0.3, -0.25) is 4.79 Å². The van der Waals surface area contributed by atoms with Gasteiger partial charge in [-0.2, -0.15) is 4.31 Å². The Hall–Kier alpha value is -2.09. The summed E-state index contributed by atoms with van der Waals surface area (Å²) in [5, 5.41) is 3.20. The number of carbonyl (C=O) groups is 1. The van der Waals surface area contributed by atoms with Crippen LogP contribution in [-0.4, -0.2) is 38.3 Å². The number of carbonyl (C=O) groups excluding carboxylic acids is 1. The summed E-state index contributed by atoms with van der Waals surface area (Å²) in [5.74, 6) is 0.0984. The normalized spacial score (nSPS) is 15.2. The third kappa shape index (κ3) is 5.74. The fraction of sp³-hybridized carbons (Fsp3) is 0.409. The van der Waals surface area contributed by atoms with E-state index in [0.29, 0.717) is 5.75 Å². The first-order valence-electron chi connectivity index (χ1n) is 10.1. The highest BCUT2D eigenvalue weighted by atomic mass is 35.5. The number of amides is 1. The molecule has 162 valence electrons. The highest BCUT2D eigenvalue weighted by molar-refractivity contribution is 7.89. The molecule has 2 aromatic rings. The Morgan fingerprint density at radius 2 is 1.83 bits per heavy atom. The van der Waals surface area contributed by atoms with Gasteiger partial charge in [0.05, 0.1) is 23.6 Å². The molecular formula is C22H27ClN2O4S. The van der Waals surface area contributed by atoms with E-state index in [1.54, 1.807) is 0 Å². The van der Waals surface area contributed by atoms with Gasteiger partial charge in [0.25, 0.3) is 0 Å². The van der Waals surface area contributed by atoms with Crippen molar-refractivity contribution in [3.05, 3.63) is 59.1 Å². The van der Waals surface area contributed by atoms with Crippen molar-refractivity contribution in [1.82, 2.24) is 9.62 Å². The Morgan fingerprint density at radius 1 is 1.13 bits per heavy atom. The van der Waals surface area contributed by atoms with Crippen molar-refractivity contribution >= 4 is 27.5 Å². The maximum absolute atomic E-state index is 13.4. The molecule has 0 saturated heterocycles. The van der Waals surface area contributed by atoms with Crippen LogP contribution in [0, 0.1) is 0 Å². The second kappa shape index (κ2) is 10.3. The van der Waals surface area contributed by atoms with Gasteiger partial charge >= 0.3 is 0 Å². The summed E-state index contributed by atoms with van der Waals surface area (Å²) in [7, 11) is -2.49. The summed E-state index contributed by atoms with van der Waals surface area (Å²) < 4.78 is 33.0. The fourth-order valence-corrected chi connectivity index (χ4v) is 5.38. The number of nitrogens with zero attached hydrogens (tertiary/aromatic N) is 1. The number of benzene rings is 2. The molecule has 6 nitrogen and oxygen atoms in total. The molecule has 1 amide bonds. The monoisotopic (exact) mass is 450 g/mol. The third-order valence-corrected chi connectivity index (χ3v) is 7.34. The molecule has 1 N–H and O–H groups in total. The lowest BCUT2D eigenvalue weighted by Gasteiger charge is -2.26. The molecule has 2 aromatic carbocycles. The summed E-state index contributed by atoms with van der Waals surface area (Å²) in [6.07, 6.45) is 5.22. The largest absolute Gasteiger partial charge is 0.495 e. The van der Waals surface area contributed by atoms with Crippen LogP contribution in [-0.2, 0) is 21.4 Å². The summed E-state index contributed by atoms with van der Waals surface area (Å²) >= 11 is 6.15. The van der Waals surface area contributed by atoms with Crippen molar-refractivity contribution in [3.8, 4) is 5.75 Å². The Morgan fingerprint density at radius 3 is 2.47 bits per heavy atom. The molecule has 0 heterocycles. The van der Waals surface area contributed by atoms with E-state index in [1.807, 2.05) is 30.3 Å². The van der Waals surface area contributed by atoms with Gasteiger partial charge in [-0.05, 0) is 36.6 Å². The molecule has 1 saturated carbocycles. The van der Waals surface area contributed by atoms with Crippen molar-refractivity contribution in [2.45, 2.75) is 49.6 Å². The van der Waals surface area contributed by atoms with Crippen molar-refractivity contribution < 1.29 is 17.9 Å². The van der Waals surface area contributed by atoms with E-state index in [-0.39, 0.29) is 35.0 Å². The van der Waals surface area contributed by atoms with E-state index >= 15 is 0 Å². The summed E-state index contributed by atoms with van der Waals surface area (Å²) in [4.78, 5) is 12.7. The van der Waals surface area contributed by atoms with Crippen LogP contribution < -0.4 is 10.1 Å². The zero-order valence-corrected chi connectivity index (χ0v) is 18.6. The zero-order chi connectivity index (χ0) is 21.6. The standard InChI is InChI=1S/C22H27ClN2O4S/c1-29-21-13-12-19(14-20(21)23)30(27,28)25(15-17-8-4-2-5-9-17)16-22(26)24-18-10-6-3-7-11-18/h2,4-5,8-9,12-14,18H,3,6-7,10-11,15-16H2,1H3,(H,24,26). The van der Waals surface area contributed by atoms with Crippen LogP contribution in [0.25, 0.3) is 0 Å². The number of hydrogen-bond acceptors (Lipinski definition) is 4. The van der Waals surface area contributed by atoms with Crippen LogP contribution in [0.5, 0.6) is 5.75 Å². The molecule has 1 aliphatic carbocycles. The molecule has 0 radical (unpaired) electrons. The van der Waals surface area contributed by atoms with Gasteiger partial charge in [0.2, 0.25) is 15.9 Å². The number of methoxy groups -OCH3 is 1. The lowest BCUT2D eigenvalue weighted by molar-refractivity contribution is -0.122. The van der Waals surface area contributed by atoms with Gasteiger partial charge in [-0.1, -0.05) is 61.2 Å². The first kappa shape index (κ1) is 22.6. The minimum absolute atomic E-state index is 0.0229. The SMILES string of the molecule is COc1ccc(S(=O)(=O)N(CC(=O)NC2CCCCC2)Cc2ccccc2)cc1Cl. The summed E-state index contributed by atoms with van der Waals surface area (Å²) in [6.45, 7) is -0.164. The Bertz CT molecular complexity index is 960. The molecule has 0 unspecified atom stereocenters. The second-order valence-corrected chi connectivity index (χ2v) is 9.80. The molecule has 0 aliphatic heterocycles. The first-order chi connectivity index (χ1) is 14.4. The van der Waals surface area contributed by atoms with Crippen molar-refractivity contribution in [1.29, 1.82) is 0 Å². The minimum atomic E-state index is -3.95. The zero-order valence-electron chi connectivity index (χ0n) is 17.0. The second-order valence-electron chi connectivity index (χ2n) is 7.46. The van der Waals surface area contributed by atoms with Crippen LogP contribution in [0.2, 0.25) is 5.02 Å². The quantitative estimate of drug-likeness (QED) is 0.659. The molecule has 0 spiro atoms. The van der Waals surface area contributed by atoms with Gasteiger partial charge in [0, 0.05) is 12.6 Å². The summed E-state index contributed by atoms with van der Waals surface area (Å²) in [5.41, 5.74) is 0.797. The van der Waals surface area contributed by atoms with Gasteiger partial charge in [0.15, 0.2) is 0 Å². The average Bonchev–Trinajstić information content (AvgIpc) is 2.74. The van der Waals surface area contributed by atoms with E-state index < -0.39 is 10.0 Å². The van der Waals surface area contributed by atoms with Crippen LogP contribution in [0.1, 0.15) is 37.7 Å². The first-order valence-corrected chi connectivity index (χ1v) is 11.9. The Kier molecular flexibility index (Phi) is 7.75. The number of halogens is 1. The predicted octanol–water partition coefficient (Wildman–Crippen LogP) is 3.99. The van der Waals surface area contributed by atoms with Crippen LogP contribution in [0.3, 0.4) is 0 Å². The number of rotatable bonds is 8. The number of hydrogen-bond donors (Lipinski definition) is 1. The van der Waals surface area contributed by atoms with Crippen LogP contribution in [0.4, 0.5) is 0 Å². The molecule has 3 rings (SSSR count). The molecule has 1 aliphatic rings. The summed E-state index contributed by atoms with van der Waals surface area (Å²) in [6, 6.07) is 13.6. The van der Waals surface area contributed by atoms with Gasteiger partial charge in [0.1, 0.15) is 5.75 Å². The highest BCUT2D eigenvalue weighted by Crippen LogP contribution is 2.29. The van der Waals surface area contributed by atoms with E-state index in [9.17, 15) is 13.2 Å². The highest BCUT2D eigenvalue weighted by Gasteiger charge is 2.28. The van der Waals surface area contributed by atoms with Crippen molar-refractivity contribution in [2.75, 3.05) is 13.7 Å². The molecule has 0 bridgehead atoms. The van der Waals surface area contributed by atoms with Gasteiger partial charge in [-0.25, -0.2) is 8.42 Å². The van der Waals surface area contributed by atoms with E-state index in [0.717, 1.165) is 31.2 Å². The maximum atomic E-state index is 13.4. The van der Waals surface area contributed by atoms with E-state index in [2.05, 4.69) is 5.32 Å². The number of ether oxygens (including phenoxy) is 1. The predicted molar refractivity (Wildman–Crippen MR) is 117 cm³/mol. The average molecular weight is 451 g/mol. The number of sulfonamides is 1. The van der Waals surface area contributed by atoms with Crippen LogP contribution >= 0.6 is 11.6 Å². The lowest BCUT2D eigenvalue weighted by atomic mass is 9.95. The number of nitrogens with one attached hydrogen (secondary N) is 1. The van der Waals surface area contributed by atoms with Crippen molar-refractivity contribution in [3.63, 3.8) is 0 Å². The fourth-order valence-electron chi connectivity index (χ4n) is 3.65. The van der Waals surface area contributed by atoms with Gasteiger partial charge in [-0.15, -0.1) is 0 Å². The third-order valence-electron chi connectivity index (χ3n) is 5.25. The molecule has 8 heteroatoms. The lowest BCUT2D eigenvalue weighted by Crippen LogP contribution is -2.44. The van der Waals surface area contributed by atoms with Crippen LogP contribution in [0.15, 0.2) is 53.4 Å². The van der Waals surface area contributed by atoms with E-state index in [4.69, 9.17) is 16.3 Å². The van der Waals surface area contributed by atoms with E-state index in [1.165, 1.54) is 36.0 Å². The molecule has 0 atom stereocenters.